The Hall–Kier alpha value is -1.77. The first-order valence-corrected chi connectivity index (χ1v) is 6.47. The fourth-order valence-corrected chi connectivity index (χ4v) is 2.33. The molecule has 1 aromatic heterocycles. The van der Waals surface area contributed by atoms with E-state index in [1.165, 1.54) is 12.1 Å². The molecule has 0 radical (unpaired) electrons. The highest BCUT2D eigenvalue weighted by atomic mass is 35.5. The molecule has 0 N–H and O–H groups in total. The zero-order valence-corrected chi connectivity index (χ0v) is 11.9. The second-order valence-electron chi connectivity index (χ2n) is 4.18. The summed E-state index contributed by atoms with van der Waals surface area (Å²) in [6, 6.07) is 7.54. The van der Waals surface area contributed by atoms with Crippen LogP contribution in [0.1, 0.15) is 11.1 Å². The maximum atomic E-state index is 12.8. The van der Waals surface area contributed by atoms with E-state index in [9.17, 15) is 13.2 Å². The summed E-state index contributed by atoms with van der Waals surface area (Å²) in [6.07, 6.45) is -4.20. The van der Waals surface area contributed by atoms with Gasteiger partial charge in [-0.1, -0.05) is 23.2 Å². The lowest BCUT2D eigenvalue weighted by molar-refractivity contribution is -0.138. The normalized spacial score (nSPS) is 11.2. The first kappa shape index (κ1) is 15.6. The third kappa shape index (κ3) is 3.46. The molecule has 0 bridgehead atoms. The molecule has 0 saturated heterocycles. The van der Waals surface area contributed by atoms with Crippen LogP contribution in [0, 0.1) is 11.3 Å². The number of benzene rings is 1. The van der Waals surface area contributed by atoms with Gasteiger partial charge in [0.15, 0.2) is 0 Å². The van der Waals surface area contributed by atoms with E-state index >= 15 is 0 Å². The van der Waals surface area contributed by atoms with Gasteiger partial charge in [0.05, 0.1) is 28.8 Å². The Morgan fingerprint density at radius 1 is 1.19 bits per heavy atom. The lowest BCUT2D eigenvalue weighted by atomic mass is 10.0. The van der Waals surface area contributed by atoms with Crippen LogP contribution in [-0.2, 0) is 12.6 Å². The molecule has 0 atom stereocenters. The minimum Gasteiger partial charge on any atom is -0.256 e. The van der Waals surface area contributed by atoms with Gasteiger partial charge >= 0.3 is 6.18 Å². The Bertz CT molecular complexity index is 721. The number of aromatic nitrogens is 1. The van der Waals surface area contributed by atoms with E-state index in [1.54, 1.807) is 18.2 Å². The third-order valence-electron chi connectivity index (χ3n) is 2.77. The van der Waals surface area contributed by atoms with E-state index < -0.39 is 11.7 Å². The van der Waals surface area contributed by atoms with Crippen molar-refractivity contribution in [3.63, 3.8) is 0 Å². The smallest absolute Gasteiger partial charge is 0.256 e. The first-order chi connectivity index (χ1) is 9.82. The largest absolute Gasteiger partial charge is 0.418 e. The summed E-state index contributed by atoms with van der Waals surface area (Å²) in [7, 11) is 0. The monoisotopic (exact) mass is 330 g/mol. The molecular formula is C14H7Cl2F3N2. The highest BCUT2D eigenvalue weighted by Gasteiger charge is 2.34. The van der Waals surface area contributed by atoms with Crippen LogP contribution in [0.15, 0.2) is 30.5 Å². The van der Waals surface area contributed by atoms with Crippen molar-refractivity contribution < 1.29 is 13.2 Å². The molecule has 108 valence electrons. The summed E-state index contributed by atoms with van der Waals surface area (Å²) in [5.41, 5.74) is -0.345. The highest BCUT2D eigenvalue weighted by molar-refractivity contribution is 6.36. The van der Waals surface area contributed by atoms with Gasteiger partial charge in [0.1, 0.15) is 0 Å². The Labute approximate surface area is 128 Å². The van der Waals surface area contributed by atoms with Crippen molar-refractivity contribution in [2.24, 2.45) is 0 Å². The number of pyridine rings is 1. The van der Waals surface area contributed by atoms with Crippen LogP contribution in [0.5, 0.6) is 0 Å². The zero-order valence-electron chi connectivity index (χ0n) is 10.4. The SMILES string of the molecule is N#CCc1cc(-c2ccc(Cl)cc2Cl)ncc1C(F)(F)F. The quantitative estimate of drug-likeness (QED) is 0.764. The average Bonchev–Trinajstić information content (AvgIpc) is 2.37. The van der Waals surface area contributed by atoms with E-state index in [2.05, 4.69) is 4.98 Å². The summed E-state index contributed by atoms with van der Waals surface area (Å²) >= 11 is 11.8. The van der Waals surface area contributed by atoms with Crippen LogP contribution in [0.25, 0.3) is 11.3 Å². The van der Waals surface area contributed by atoms with Crippen molar-refractivity contribution in [2.75, 3.05) is 0 Å². The van der Waals surface area contributed by atoms with E-state index in [1.807, 2.05) is 0 Å². The number of rotatable bonds is 2. The molecule has 0 saturated carbocycles. The van der Waals surface area contributed by atoms with Gasteiger partial charge in [0.25, 0.3) is 0 Å². The zero-order chi connectivity index (χ0) is 15.6. The van der Waals surface area contributed by atoms with E-state index in [-0.39, 0.29) is 22.7 Å². The topological polar surface area (TPSA) is 36.7 Å². The van der Waals surface area contributed by atoms with Crippen molar-refractivity contribution >= 4 is 23.2 Å². The van der Waals surface area contributed by atoms with Gasteiger partial charge < -0.3 is 0 Å². The average molecular weight is 331 g/mol. The lowest BCUT2D eigenvalue weighted by Crippen LogP contribution is -2.10. The molecule has 0 amide bonds. The standard InChI is InChI=1S/C14H7Cl2F3N2/c15-9-1-2-10(12(16)6-9)13-5-8(3-4-20)11(7-21-13)14(17,18)19/h1-2,5-7H,3H2. The number of nitrogens with zero attached hydrogens (tertiary/aromatic N) is 2. The van der Waals surface area contributed by atoms with Gasteiger partial charge in [-0.05, 0) is 29.8 Å². The molecule has 0 aliphatic carbocycles. The van der Waals surface area contributed by atoms with Crippen LogP contribution in [0.2, 0.25) is 10.0 Å². The second kappa shape index (κ2) is 5.92. The molecule has 2 rings (SSSR count). The summed E-state index contributed by atoms with van der Waals surface area (Å²) in [5.74, 6) is 0. The molecule has 0 spiro atoms. The van der Waals surface area contributed by atoms with E-state index in [0.29, 0.717) is 16.8 Å². The highest BCUT2D eigenvalue weighted by Crippen LogP contribution is 2.35. The Morgan fingerprint density at radius 3 is 2.48 bits per heavy atom. The molecule has 0 aliphatic rings. The van der Waals surface area contributed by atoms with Gasteiger partial charge in [0.2, 0.25) is 0 Å². The van der Waals surface area contributed by atoms with Crippen molar-refractivity contribution in [1.29, 1.82) is 5.26 Å². The fraction of sp³-hybridized carbons (Fsp3) is 0.143. The number of hydrogen-bond donors (Lipinski definition) is 0. The van der Waals surface area contributed by atoms with Gasteiger partial charge in [-0.3, -0.25) is 4.98 Å². The molecule has 2 aromatic rings. The van der Waals surface area contributed by atoms with Crippen LogP contribution < -0.4 is 0 Å². The molecule has 0 unspecified atom stereocenters. The van der Waals surface area contributed by atoms with Gasteiger partial charge in [0, 0.05) is 16.8 Å². The molecular weight excluding hydrogens is 324 g/mol. The lowest BCUT2D eigenvalue weighted by Gasteiger charge is -2.12. The van der Waals surface area contributed by atoms with Crippen LogP contribution >= 0.6 is 23.2 Å². The number of hydrogen-bond acceptors (Lipinski definition) is 2. The Balaban J connectivity index is 2.57. The van der Waals surface area contributed by atoms with Crippen molar-refractivity contribution in [3.8, 4) is 17.3 Å². The molecule has 1 aromatic carbocycles. The van der Waals surface area contributed by atoms with E-state index in [0.717, 1.165) is 0 Å². The summed E-state index contributed by atoms with van der Waals surface area (Å²) in [4.78, 5) is 3.79. The fourth-order valence-electron chi connectivity index (χ4n) is 1.83. The summed E-state index contributed by atoms with van der Waals surface area (Å²) in [5, 5.41) is 9.37. The molecule has 1 heterocycles. The maximum absolute atomic E-state index is 12.8. The number of halogens is 5. The second-order valence-corrected chi connectivity index (χ2v) is 5.03. The van der Waals surface area contributed by atoms with Crippen LogP contribution in [0.3, 0.4) is 0 Å². The van der Waals surface area contributed by atoms with Gasteiger partial charge in [-0.25, -0.2) is 0 Å². The summed E-state index contributed by atoms with van der Waals surface area (Å²) in [6.45, 7) is 0. The van der Waals surface area contributed by atoms with Crippen molar-refractivity contribution in [3.05, 3.63) is 51.6 Å². The van der Waals surface area contributed by atoms with Crippen molar-refractivity contribution in [2.45, 2.75) is 12.6 Å². The predicted octanol–water partition coefficient (Wildman–Crippen LogP) is 5.14. The Kier molecular flexibility index (Phi) is 4.40. The summed E-state index contributed by atoms with van der Waals surface area (Å²) < 4.78 is 38.5. The molecule has 21 heavy (non-hydrogen) atoms. The van der Waals surface area contributed by atoms with Crippen LogP contribution in [-0.4, -0.2) is 4.98 Å². The molecule has 0 aliphatic heterocycles. The predicted molar refractivity (Wildman–Crippen MR) is 74.0 cm³/mol. The maximum Gasteiger partial charge on any atom is 0.418 e. The van der Waals surface area contributed by atoms with Crippen molar-refractivity contribution in [1.82, 2.24) is 4.98 Å². The van der Waals surface area contributed by atoms with Gasteiger partial charge in [-0.2, -0.15) is 18.4 Å². The molecule has 7 heteroatoms. The third-order valence-corrected chi connectivity index (χ3v) is 3.32. The van der Waals surface area contributed by atoms with Gasteiger partial charge in [-0.15, -0.1) is 0 Å². The minimum atomic E-state index is -4.55. The molecule has 0 fully saturated rings. The Morgan fingerprint density at radius 2 is 1.90 bits per heavy atom. The minimum absolute atomic E-state index is 0.138. The first-order valence-electron chi connectivity index (χ1n) is 5.71. The van der Waals surface area contributed by atoms with E-state index in [4.69, 9.17) is 28.5 Å². The molecule has 2 nitrogen and oxygen atoms in total. The number of nitriles is 1. The number of alkyl halides is 3. The van der Waals surface area contributed by atoms with Crippen LogP contribution in [0.4, 0.5) is 13.2 Å².